The molecule has 4 aliphatic rings. The first kappa shape index (κ1) is 24.0. The first-order valence-electron chi connectivity index (χ1n) is 12.3. The molecule has 7 nitrogen and oxygen atoms in total. The van der Waals surface area contributed by atoms with E-state index in [0.29, 0.717) is 6.42 Å². The molecule has 0 radical (unpaired) electrons. The molecule has 3 fully saturated rings. The number of aliphatic hydroxyl groups excluding tert-OH is 3. The topological polar surface area (TPSA) is 113 Å². The molecule has 2 saturated carbocycles. The summed E-state index contributed by atoms with van der Waals surface area (Å²) in [6.07, 6.45) is 6.56. The van der Waals surface area contributed by atoms with Crippen molar-refractivity contribution in [1.29, 1.82) is 0 Å². The van der Waals surface area contributed by atoms with Crippen LogP contribution in [0.4, 0.5) is 0 Å². The van der Waals surface area contributed by atoms with Gasteiger partial charge in [-0.1, -0.05) is 39.8 Å². The Bertz CT molecular complexity index is 1000. The fraction of sp³-hybridized carbons (Fsp3) is 0.741. The lowest BCUT2D eigenvalue weighted by molar-refractivity contribution is -0.170. The van der Waals surface area contributed by atoms with Crippen molar-refractivity contribution in [2.45, 2.75) is 89.3 Å². The highest BCUT2D eigenvalue weighted by molar-refractivity contribution is 5.75. The largest absolute Gasteiger partial charge is 0.472 e. The number of esters is 1. The second-order valence-electron chi connectivity index (χ2n) is 12.3. The van der Waals surface area contributed by atoms with Gasteiger partial charge in [-0.05, 0) is 55.1 Å². The second-order valence-corrected chi connectivity index (χ2v) is 12.3. The zero-order chi connectivity index (χ0) is 24.9. The van der Waals surface area contributed by atoms with Crippen LogP contribution in [0, 0.1) is 28.1 Å². The predicted octanol–water partition coefficient (Wildman–Crippen LogP) is 3.19. The number of methoxy groups -OCH3 is 1. The number of furan rings is 1. The quantitative estimate of drug-likeness (QED) is 0.349. The van der Waals surface area contributed by atoms with Crippen molar-refractivity contribution in [2.75, 3.05) is 7.11 Å². The molecular weight excluding hydrogens is 436 g/mol. The van der Waals surface area contributed by atoms with Crippen LogP contribution in [0.1, 0.15) is 65.4 Å². The molecule has 3 N–H and O–H groups in total. The van der Waals surface area contributed by atoms with Crippen molar-refractivity contribution in [1.82, 2.24) is 0 Å². The Morgan fingerprint density at radius 2 is 1.91 bits per heavy atom. The zero-order valence-corrected chi connectivity index (χ0v) is 20.9. The lowest BCUT2D eigenvalue weighted by atomic mass is 9.46. The van der Waals surface area contributed by atoms with E-state index in [1.54, 1.807) is 18.6 Å². The zero-order valence-electron chi connectivity index (χ0n) is 20.9. The monoisotopic (exact) mass is 474 g/mol. The average Bonchev–Trinajstić information content (AvgIpc) is 3.07. The average molecular weight is 475 g/mol. The molecule has 1 aromatic rings. The molecule has 0 bridgehead atoms. The van der Waals surface area contributed by atoms with Gasteiger partial charge in [-0.25, -0.2) is 4.79 Å². The minimum absolute atomic E-state index is 0.0850. The maximum absolute atomic E-state index is 12.5. The summed E-state index contributed by atoms with van der Waals surface area (Å²) in [5, 5.41) is 33.4. The number of rotatable bonds is 4. The van der Waals surface area contributed by atoms with Crippen LogP contribution in [0.5, 0.6) is 0 Å². The van der Waals surface area contributed by atoms with Gasteiger partial charge in [0.25, 0.3) is 0 Å². The van der Waals surface area contributed by atoms with Crippen molar-refractivity contribution in [3.05, 3.63) is 36.3 Å². The van der Waals surface area contributed by atoms with E-state index in [-0.39, 0.29) is 17.3 Å². The maximum Gasteiger partial charge on any atom is 0.335 e. The lowest BCUT2D eigenvalue weighted by Gasteiger charge is -2.57. The lowest BCUT2D eigenvalue weighted by Crippen LogP contribution is -2.61. The van der Waals surface area contributed by atoms with Crippen LogP contribution in [0.2, 0.25) is 0 Å². The fourth-order valence-electron chi connectivity index (χ4n) is 8.94. The summed E-state index contributed by atoms with van der Waals surface area (Å²) < 4.78 is 17.0. The molecule has 1 spiro atoms. The predicted molar refractivity (Wildman–Crippen MR) is 124 cm³/mol. The molecule has 5 rings (SSSR count). The van der Waals surface area contributed by atoms with E-state index in [1.165, 1.54) is 7.11 Å². The van der Waals surface area contributed by atoms with Crippen molar-refractivity contribution >= 4 is 5.97 Å². The minimum Gasteiger partial charge on any atom is -0.472 e. The molecule has 10 atom stereocenters. The second kappa shape index (κ2) is 7.19. The van der Waals surface area contributed by atoms with E-state index in [9.17, 15) is 20.1 Å². The van der Waals surface area contributed by atoms with Crippen molar-refractivity contribution < 1.29 is 34.0 Å². The first-order valence-corrected chi connectivity index (χ1v) is 12.3. The molecule has 10 unspecified atom stereocenters. The highest BCUT2D eigenvalue weighted by Gasteiger charge is 2.87. The van der Waals surface area contributed by atoms with Gasteiger partial charge in [0.1, 0.15) is 11.2 Å². The van der Waals surface area contributed by atoms with E-state index >= 15 is 0 Å². The van der Waals surface area contributed by atoms with Crippen molar-refractivity contribution in [3.63, 3.8) is 0 Å². The van der Waals surface area contributed by atoms with Gasteiger partial charge >= 0.3 is 5.97 Å². The fourth-order valence-corrected chi connectivity index (χ4v) is 8.94. The molecule has 188 valence electrons. The smallest absolute Gasteiger partial charge is 0.335 e. The highest BCUT2D eigenvalue weighted by atomic mass is 16.6. The van der Waals surface area contributed by atoms with E-state index in [2.05, 4.69) is 20.8 Å². The maximum atomic E-state index is 12.5. The van der Waals surface area contributed by atoms with Gasteiger partial charge in [0.05, 0.1) is 31.8 Å². The molecule has 0 aromatic carbocycles. The molecule has 34 heavy (non-hydrogen) atoms. The number of carbonyl (C=O) groups excluding carboxylic acids is 1. The van der Waals surface area contributed by atoms with Crippen LogP contribution in [0.15, 0.2) is 35.2 Å². The molecule has 2 heterocycles. The van der Waals surface area contributed by atoms with E-state index < -0.39 is 52.2 Å². The number of hydrogen-bond acceptors (Lipinski definition) is 7. The Morgan fingerprint density at radius 3 is 2.53 bits per heavy atom. The Labute approximate surface area is 201 Å². The normalized spacial score (nSPS) is 49.7. The van der Waals surface area contributed by atoms with Crippen LogP contribution in [0.25, 0.3) is 0 Å². The molecule has 7 heteroatoms. The van der Waals surface area contributed by atoms with Crippen molar-refractivity contribution in [3.8, 4) is 0 Å². The third-order valence-corrected chi connectivity index (χ3v) is 10.6. The van der Waals surface area contributed by atoms with Gasteiger partial charge < -0.3 is 29.2 Å². The minimum atomic E-state index is -1.40. The molecule has 1 saturated heterocycles. The van der Waals surface area contributed by atoms with Crippen LogP contribution < -0.4 is 0 Å². The van der Waals surface area contributed by atoms with Gasteiger partial charge in [-0.3, -0.25) is 0 Å². The van der Waals surface area contributed by atoms with Gasteiger partial charge in [0.2, 0.25) is 0 Å². The van der Waals surface area contributed by atoms with E-state index in [1.807, 2.05) is 26.0 Å². The molecule has 1 aromatic heterocycles. The molecule has 0 amide bonds. The summed E-state index contributed by atoms with van der Waals surface area (Å²) in [5.41, 5.74) is -2.03. The van der Waals surface area contributed by atoms with Crippen LogP contribution in [0.3, 0.4) is 0 Å². The van der Waals surface area contributed by atoms with E-state index in [0.717, 1.165) is 18.4 Å². The van der Waals surface area contributed by atoms with Gasteiger partial charge in [-0.15, -0.1) is 0 Å². The Kier molecular flexibility index (Phi) is 5.08. The van der Waals surface area contributed by atoms with Gasteiger partial charge in [0.15, 0.2) is 6.10 Å². The number of hydrogen-bond donors (Lipinski definition) is 3. The third kappa shape index (κ3) is 2.64. The van der Waals surface area contributed by atoms with Crippen LogP contribution in [-0.2, 0) is 14.3 Å². The SMILES string of the molecule is COC(=O)C(O)C1C(C)(C)C(O)C=CC1(C)C1CCC2(C)C(c3ccoc3)CC(O)C23OC13C. The number of carbonyl (C=O) groups is 1. The Morgan fingerprint density at radius 1 is 1.21 bits per heavy atom. The van der Waals surface area contributed by atoms with Gasteiger partial charge in [-0.2, -0.15) is 0 Å². The number of aliphatic hydroxyl groups is 3. The van der Waals surface area contributed by atoms with Crippen molar-refractivity contribution in [2.24, 2.45) is 28.1 Å². The third-order valence-electron chi connectivity index (χ3n) is 10.6. The summed E-state index contributed by atoms with van der Waals surface area (Å²) in [6.45, 7) is 10.1. The van der Waals surface area contributed by atoms with E-state index in [4.69, 9.17) is 13.9 Å². The van der Waals surface area contributed by atoms with Crippen LogP contribution in [-0.4, -0.2) is 57.9 Å². The summed E-state index contributed by atoms with van der Waals surface area (Å²) in [5.74, 6) is -1.28. The number of epoxide rings is 1. The Balaban J connectivity index is 1.58. The summed E-state index contributed by atoms with van der Waals surface area (Å²) in [4.78, 5) is 12.5. The summed E-state index contributed by atoms with van der Waals surface area (Å²) in [7, 11) is 1.27. The van der Waals surface area contributed by atoms with Gasteiger partial charge in [0, 0.05) is 16.7 Å². The standard InChI is InChI=1S/C27H38O7/c1-23(2)18(28)8-10-24(3,21(23)20(30)22(31)32-6)17-7-11-25(4)16(15-9-12-33-14-15)13-19(29)27(25)26(17,5)34-27/h8-10,12,14,16-21,28-30H,7,11,13H2,1-6H3. The highest BCUT2D eigenvalue weighted by Crippen LogP contribution is 2.79. The first-order chi connectivity index (χ1) is 15.8. The molecule has 3 aliphatic carbocycles. The summed E-state index contributed by atoms with van der Waals surface area (Å²) in [6, 6.07) is 1.98. The number of ether oxygens (including phenoxy) is 2. The summed E-state index contributed by atoms with van der Waals surface area (Å²) >= 11 is 0. The van der Waals surface area contributed by atoms with Crippen LogP contribution >= 0.6 is 0 Å². The number of allylic oxidation sites excluding steroid dienone is 1. The molecular formula is C27H38O7. The Hall–Kier alpha value is -1.67. The molecule has 1 aliphatic heterocycles.